The zero-order valence-corrected chi connectivity index (χ0v) is 30.2. The Labute approximate surface area is 295 Å². The van der Waals surface area contributed by atoms with E-state index in [4.69, 9.17) is 21.1 Å². The van der Waals surface area contributed by atoms with Gasteiger partial charge in [-0.15, -0.1) is 4.36 Å². The first-order valence-electron chi connectivity index (χ1n) is 17.7. The minimum Gasteiger partial charge on any atom is -0.490 e. The molecule has 2 fully saturated rings. The third-order valence-electron chi connectivity index (χ3n) is 11.5. The fourth-order valence-corrected chi connectivity index (χ4v) is 11.0. The van der Waals surface area contributed by atoms with Gasteiger partial charge in [0.15, 0.2) is 0 Å². The van der Waals surface area contributed by atoms with Gasteiger partial charge in [0.1, 0.15) is 15.7 Å². The zero-order valence-electron chi connectivity index (χ0n) is 28.7. The second-order valence-corrected chi connectivity index (χ2v) is 18.0. The van der Waals surface area contributed by atoms with Crippen LogP contribution in [0.2, 0.25) is 5.02 Å². The molecule has 2 bridgehead atoms. The van der Waals surface area contributed by atoms with Crippen molar-refractivity contribution < 1.29 is 28.4 Å². The van der Waals surface area contributed by atoms with Crippen LogP contribution in [0.4, 0.5) is 5.69 Å². The van der Waals surface area contributed by atoms with Gasteiger partial charge in [-0.05, 0) is 118 Å². The van der Waals surface area contributed by atoms with Crippen LogP contribution in [-0.2, 0) is 31.3 Å². The van der Waals surface area contributed by atoms with Crippen LogP contribution in [0.15, 0.2) is 52.9 Å². The summed E-state index contributed by atoms with van der Waals surface area (Å²) in [7, 11) is -1.72. The number of aliphatic hydroxyl groups is 1. The van der Waals surface area contributed by atoms with E-state index >= 15 is 0 Å². The number of benzene rings is 2. The Hall–Kier alpha value is -2.92. The highest BCUT2D eigenvalue weighted by Gasteiger charge is 2.45. The molecule has 0 saturated heterocycles. The third-order valence-corrected chi connectivity index (χ3v) is 13.8. The second-order valence-electron chi connectivity index (χ2n) is 15.5. The molecule has 3 aliphatic carbocycles. The topological polar surface area (TPSA) is 118 Å². The molecule has 2 aromatic rings. The quantitative estimate of drug-likeness (QED) is 0.362. The number of nitrogens with zero attached hydrogens (tertiary/aromatic N) is 2. The van der Waals surface area contributed by atoms with E-state index in [1.54, 1.807) is 20.1 Å². The van der Waals surface area contributed by atoms with Crippen molar-refractivity contribution in [1.29, 1.82) is 0 Å². The molecular formula is C38H48ClN3O6S. The van der Waals surface area contributed by atoms with Gasteiger partial charge in [-0.3, -0.25) is 14.3 Å². The molecule has 7 rings (SSSR count). The largest absolute Gasteiger partial charge is 0.490 e. The Bertz CT molecular complexity index is 1780. The van der Waals surface area contributed by atoms with Crippen LogP contribution in [0.3, 0.4) is 0 Å². The maximum atomic E-state index is 14.4. The first-order chi connectivity index (χ1) is 23.4. The molecule has 1 unspecified atom stereocenters. The van der Waals surface area contributed by atoms with Crippen molar-refractivity contribution in [2.24, 2.45) is 28.0 Å². The van der Waals surface area contributed by atoms with Gasteiger partial charge in [0.25, 0.3) is 5.91 Å². The van der Waals surface area contributed by atoms with E-state index in [-0.39, 0.29) is 36.0 Å². The number of nitrogens with one attached hydrogen (secondary N) is 1. The number of allylic oxidation sites excluding steroid dienone is 1. The number of anilines is 1. The molecule has 2 N–H and O–H groups in total. The number of hydrogen-bond donors (Lipinski definition) is 2. The lowest BCUT2D eigenvalue weighted by Gasteiger charge is -2.46. The molecule has 2 aliphatic heterocycles. The molecule has 2 saturated carbocycles. The van der Waals surface area contributed by atoms with E-state index in [1.807, 2.05) is 25.1 Å². The van der Waals surface area contributed by atoms with Crippen LogP contribution < -0.4 is 14.4 Å². The molecular weight excluding hydrogens is 662 g/mol. The lowest BCUT2D eigenvalue weighted by Crippen LogP contribution is -2.50. The lowest BCUT2D eigenvalue weighted by molar-refractivity contribution is -0.137. The number of methoxy groups -OCH3 is 1. The number of rotatable bonds is 3. The predicted molar refractivity (Wildman–Crippen MR) is 191 cm³/mol. The Balaban J connectivity index is 1.28. The highest BCUT2D eigenvalue weighted by molar-refractivity contribution is 7.92. The molecule has 11 heteroatoms. The zero-order chi connectivity index (χ0) is 34.6. The highest BCUT2D eigenvalue weighted by Crippen LogP contribution is 2.47. The Kier molecular flexibility index (Phi) is 9.39. The first-order valence-corrected chi connectivity index (χ1v) is 19.8. The maximum Gasteiger partial charge on any atom is 0.286 e. The van der Waals surface area contributed by atoms with Crippen LogP contribution in [0.25, 0.3) is 0 Å². The van der Waals surface area contributed by atoms with E-state index in [1.165, 1.54) is 11.1 Å². The second kappa shape index (κ2) is 13.3. The molecule has 0 aromatic heterocycles. The summed E-state index contributed by atoms with van der Waals surface area (Å²) in [6.45, 7) is 5.64. The normalized spacial score (nSPS) is 36.5. The molecule has 2 aromatic carbocycles. The van der Waals surface area contributed by atoms with Crippen molar-refractivity contribution in [3.63, 3.8) is 0 Å². The average molecular weight is 710 g/mol. The van der Waals surface area contributed by atoms with Crippen LogP contribution in [0.1, 0.15) is 80.3 Å². The van der Waals surface area contributed by atoms with Gasteiger partial charge in [-0.25, -0.2) is 4.21 Å². The molecule has 2 heterocycles. The smallest absolute Gasteiger partial charge is 0.286 e. The first kappa shape index (κ1) is 34.5. The molecule has 5 aliphatic rings. The summed E-state index contributed by atoms with van der Waals surface area (Å²) in [6.07, 6.45) is 10.4. The Morgan fingerprint density at radius 2 is 2.02 bits per heavy atom. The van der Waals surface area contributed by atoms with Crippen LogP contribution in [0, 0.1) is 23.7 Å². The number of carbonyl (C=O) groups excluding carboxylic acids is 2. The monoisotopic (exact) mass is 709 g/mol. The van der Waals surface area contributed by atoms with Crippen LogP contribution in [0.5, 0.6) is 5.75 Å². The van der Waals surface area contributed by atoms with Crippen LogP contribution in [-0.4, -0.2) is 65.4 Å². The van der Waals surface area contributed by atoms with Crippen LogP contribution >= 0.6 is 11.6 Å². The van der Waals surface area contributed by atoms with E-state index in [0.29, 0.717) is 36.2 Å². The van der Waals surface area contributed by atoms with Crippen molar-refractivity contribution in [2.75, 3.05) is 37.5 Å². The molecule has 49 heavy (non-hydrogen) atoms. The van der Waals surface area contributed by atoms with Crippen molar-refractivity contribution >= 4 is 39.0 Å². The van der Waals surface area contributed by atoms with Gasteiger partial charge in [-0.1, -0.05) is 36.7 Å². The van der Waals surface area contributed by atoms with Gasteiger partial charge in [-0.2, -0.15) is 0 Å². The van der Waals surface area contributed by atoms with E-state index < -0.39 is 33.2 Å². The van der Waals surface area contributed by atoms with Gasteiger partial charge in [0.2, 0.25) is 5.91 Å². The van der Waals surface area contributed by atoms with Gasteiger partial charge < -0.3 is 19.5 Å². The summed E-state index contributed by atoms with van der Waals surface area (Å²) in [6, 6.07) is 11.6. The summed E-state index contributed by atoms with van der Waals surface area (Å²) in [5, 5.41) is 10.9. The third kappa shape index (κ3) is 7.03. The molecule has 2 amide bonds. The molecule has 9 nitrogen and oxygen atoms in total. The van der Waals surface area contributed by atoms with E-state index in [2.05, 4.69) is 38.3 Å². The van der Waals surface area contributed by atoms with Gasteiger partial charge in [0, 0.05) is 42.1 Å². The predicted octanol–water partition coefficient (Wildman–Crippen LogP) is 6.25. The number of aryl methyl sites for hydroxylation is 1. The number of ether oxygens (including phenoxy) is 2. The minimum atomic E-state index is -3.48. The summed E-state index contributed by atoms with van der Waals surface area (Å²) < 4.78 is 34.0. The SMILES string of the molecule is CO[C@H]1/C=C\C[C@H](C)CS(=O)(NC(=O)C2CC(C)(O)C2)=NC(=O)c2ccc3c(c2)N(C[C@@H]2CC[C@H]21)C[C@@]1(CCCc2cc(Cl)ccc21)CO3. The maximum absolute atomic E-state index is 14.4. The van der Waals surface area contributed by atoms with Gasteiger partial charge >= 0.3 is 0 Å². The molecule has 1 spiro atoms. The summed E-state index contributed by atoms with van der Waals surface area (Å²) >= 11 is 6.44. The summed E-state index contributed by atoms with van der Waals surface area (Å²) in [5.41, 5.74) is 2.48. The Morgan fingerprint density at radius 3 is 2.76 bits per heavy atom. The number of hydrogen-bond acceptors (Lipinski definition) is 7. The van der Waals surface area contributed by atoms with Crippen molar-refractivity contribution in [1.82, 2.24) is 4.72 Å². The summed E-state index contributed by atoms with van der Waals surface area (Å²) in [4.78, 5) is 29.5. The standard InChI is InChI=1S/C38H48ClN3O6S/c1-24-6-4-8-33(47-3)30-12-9-27(30)20-42-22-38(15-5-7-25-16-29(39)11-13-31(25)38)23-48-34-14-10-26(17-32(34)42)35(43)40-49(46,21-24)41-36(44)28-18-37(2,45)19-28/h4,8,10-11,13-14,16-17,24,27-28,30,33,45H,5-7,9,12,15,18-23H2,1-3H3,(H,40,41,43,44,46)/b8-4-/t24-,27-,28?,30+,33-,37?,38-,49?/m0/s1. The lowest BCUT2D eigenvalue weighted by atomic mass is 9.68. The summed E-state index contributed by atoms with van der Waals surface area (Å²) in [5.74, 6) is -0.230. The van der Waals surface area contributed by atoms with Crippen molar-refractivity contribution in [3.05, 3.63) is 70.3 Å². The fourth-order valence-electron chi connectivity index (χ4n) is 8.80. The molecule has 264 valence electrons. The van der Waals surface area contributed by atoms with E-state index in [0.717, 1.165) is 55.9 Å². The molecule has 0 radical (unpaired) electrons. The van der Waals surface area contributed by atoms with Crippen molar-refractivity contribution in [3.8, 4) is 5.75 Å². The average Bonchev–Trinajstić information content (AvgIpc) is 3.17. The number of halogens is 1. The van der Waals surface area contributed by atoms with Crippen molar-refractivity contribution in [2.45, 2.75) is 82.3 Å². The van der Waals surface area contributed by atoms with Gasteiger partial charge in [0.05, 0.1) is 29.8 Å². The minimum absolute atomic E-state index is 0.0216. The Morgan fingerprint density at radius 1 is 1.20 bits per heavy atom. The van der Waals surface area contributed by atoms with E-state index in [9.17, 15) is 18.9 Å². The highest BCUT2D eigenvalue weighted by atomic mass is 35.5. The fraction of sp³-hybridized carbons (Fsp3) is 0.579. The number of amides is 2. The molecule has 6 atom stereocenters. The number of fused-ring (bicyclic) bond motifs is 4. The number of carbonyl (C=O) groups is 2.